The van der Waals surface area contributed by atoms with Crippen molar-refractivity contribution in [3.8, 4) is 0 Å². The summed E-state index contributed by atoms with van der Waals surface area (Å²) >= 11 is 0. The van der Waals surface area contributed by atoms with Crippen LogP contribution in [0.3, 0.4) is 0 Å². The summed E-state index contributed by atoms with van der Waals surface area (Å²) in [6.07, 6.45) is 14.9. The van der Waals surface area contributed by atoms with Gasteiger partial charge in [-0.1, -0.05) is 54.7 Å². The highest BCUT2D eigenvalue weighted by Gasteiger charge is 2.34. The first-order valence-electron chi connectivity index (χ1n) is 6.53. The molecule has 2 nitrogen and oxygen atoms in total. The van der Waals surface area contributed by atoms with E-state index in [-0.39, 0.29) is 0 Å². The van der Waals surface area contributed by atoms with E-state index in [2.05, 4.69) is 36.5 Å². The van der Waals surface area contributed by atoms with Crippen molar-refractivity contribution in [3.05, 3.63) is 64.8 Å². The molecule has 1 aromatic rings. The van der Waals surface area contributed by atoms with Crippen molar-refractivity contribution in [2.24, 2.45) is 5.92 Å². The van der Waals surface area contributed by atoms with Gasteiger partial charge >= 0.3 is 7.12 Å². The second-order valence-electron chi connectivity index (χ2n) is 5.24. The molecule has 2 unspecified atom stereocenters. The minimum Gasteiger partial charge on any atom is -0.423 e. The van der Waals surface area contributed by atoms with Crippen LogP contribution in [0.15, 0.2) is 48.1 Å². The molecule has 2 atom stereocenters. The Hall–Kier alpha value is -1.84. The van der Waals surface area contributed by atoms with Crippen molar-refractivity contribution in [1.29, 1.82) is 0 Å². The highest BCUT2D eigenvalue weighted by atomic mass is 16.4. The van der Waals surface area contributed by atoms with Gasteiger partial charge in [0.05, 0.1) is 0 Å². The molecule has 0 amide bonds. The third kappa shape index (κ3) is 1.46. The molecule has 0 aliphatic heterocycles. The van der Waals surface area contributed by atoms with Crippen LogP contribution in [0.4, 0.5) is 0 Å². The Kier molecular flexibility index (Phi) is 2.22. The maximum atomic E-state index is 9.53. The van der Waals surface area contributed by atoms with Crippen LogP contribution in [0.5, 0.6) is 0 Å². The summed E-state index contributed by atoms with van der Waals surface area (Å²) in [5, 5.41) is 19.1. The van der Waals surface area contributed by atoms with Crippen LogP contribution in [-0.4, -0.2) is 17.2 Å². The molecule has 0 heterocycles. The van der Waals surface area contributed by atoms with Crippen LogP contribution >= 0.6 is 0 Å². The lowest BCUT2D eigenvalue weighted by Crippen LogP contribution is -2.35. The lowest BCUT2D eigenvalue weighted by atomic mass is 9.64. The summed E-state index contributed by atoms with van der Waals surface area (Å²) < 4.78 is 0. The Labute approximate surface area is 112 Å². The lowest BCUT2D eigenvalue weighted by molar-refractivity contribution is 0.425. The molecular weight excluding hydrogens is 235 g/mol. The average molecular weight is 248 g/mol. The fraction of sp³-hybridized carbons (Fsp3) is 0.125. The number of benzene rings is 1. The molecule has 92 valence electrons. The number of rotatable bonds is 1. The Morgan fingerprint density at radius 2 is 1.89 bits per heavy atom. The topological polar surface area (TPSA) is 40.5 Å². The summed E-state index contributed by atoms with van der Waals surface area (Å²) in [5.74, 6) is 0.700. The van der Waals surface area contributed by atoms with Crippen LogP contribution < -0.4 is 5.46 Å². The molecule has 0 saturated heterocycles. The smallest absolute Gasteiger partial charge is 0.423 e. The maximum absolute atomic E-state index is 9.53. The van der Waals surface area contributed by atoms with Crippen molar-refractivity contribution >= 4 is 24.7 Å². The highest BCUT2D eigenvalue weighted by Crippen LogP contribution is 2.46. The monoisotopic (exact) mass is 248 g/mol. The normalized spacial score (nSPS) is 25.1. The van der Waals surface area contributed by atoms with E-state index in [1.54, 1.807) is 6.07 Å². The van der Waals surface area contributed by atoms with E-state index in [4.69, 9.17) is 0 Å². The second kappa shape index (κ2) is 3.83. The Morgan fingerprint density at radius 1 is 1.00 bits per heavy atom. The predicted octanol–water partition coefficient (Wildman–Crippen LogP) is 1.62. The molecule has 4 rings (SSSR count). The van der Waals surface area contributed by atoms with Crippen molar-refractivity contribution in [1.82, 2.24) is 0 Å². The zero-order valence-electron chi connectivity index (χ0n) is 10.3. The van der Waals surface area contributed by atoms with Crippen molar-refractivity contribution in [3.63, 3.8) is 0 Å². The van der Waals surface area contributed by atoms with Gasteiger partial charge in [0, 0.05) is 11.8 Å². The van der Waals surface area contributed by atoms with Crippen LogP contribution in [0.1, 0.15) is 22.6 Å². The molecule has 0 radical (unpaired) electrons. The van der Waals surface area contributed by atoms with Crippen LogP contribution in [-0.2, 0) is 0 Å². The van der Waals surface area contributed by atoms with Gasteiger partial charge in [0.2, 0.25) is 0 Å². The number of hydrogen-bond acceptors (Lipinski definition) is 2. The van der Waals surface area contributed by atoms with Crippen molar-refractivity contribution in [2.75, 3.05) is 0 Å². The van der Waals surface area contributed by atoms with Gasteiger partial charge in [-0.05, 0) is 27.7 Å². The minimum atomic E-state index is -1.42. The molecule has 19 heavy (non-hydrogen) atoms. The maximum Gasteiger partial charge on any atom is 0.489 e. The second-order valence-corrected chi connectivity index (χ2v) is 5.24. The minimum absolute atomic E-state index is 0.323. The van der Waals surface area contributed by atoms with Gasteiger partial charge in [0.25, 0.3) is 0 Å². The van der Waals surface area contributed by atoms with Crippen LogP contribution in [0.2, 0.25) is 0 Å². The number of hydrogen-bond donors (Lipinski definition) is 2. The van der Waals surface area contributed by atoms with E-state index < -0.39 is 7.12 Å². The molecule has 1 aromatic carbocycles. The fourth-order valence-electron chi connectivity index (χ4n) is 3.39. The first-order valence-corrected chi connectivity index (χ1v) is 6.53. The van der Waals surface area contributed by atoms with E-state index in [0.717, 1.165) is 5.56 Å². The van der Waals surface area contributed by atoms with E-state index in [0.29, 0.717) is 17.3 Å². The largest absolute Gasteiger partial charge is 0.489 e. The summed E-state index contributed by atoms with van der Waals surface area (Å²) in [7, 11) is -1.42. The van der Waals surface area contributed by atoms with E-state index >= 15 is 0 Å². The average Bonchev–Trinajstić information content (AvgIpc) is 2.44. The molecule has 2 N–H and O–H groups in total. The van der Waals surface area contributed by atoms with Crippen LogP contribution in [0.25, 0.3) is 12.2 Å². The SMILES string of the molecule is OB(O)c1ccc2c3c1C=CC1C=CC=C(C=C2)C31. The summed E-state index contributed by atoms with van der Waals surface area (Å²) in [6.45, 7) is 0. The molecule has 3 heteroatoms. The molecule has 3 aliphatic carbocycles. The van der Waals surface area contributed by atoms with Gasteiger partial charge < -0.3 is 10.0 Å². The van der Waals surface area contributed by atoms with Gasteiger partial charge in [-0.3, -0.25) is 0 Å². The third-order valence-corrected chi connectivity index (χ3v) is 4.25. The summed E-state index contributed by atoms with van der Waals surface area (Å²) in [6, 6.07) is 3.79. The van der Waals surface area contributed by atoms with Gasteiger partial charge in [-0.15, -0.1) is 0 Å². The molecule has 0 fully saturated rings. The Balaban J connectivity index is 2.04. The first kappa shape index (κ1) is 11.0. The zero-order chi connectivity index (χ0) is 13.0. The van der Waals surface area contributed by atoms with E-state index in [1.165, 1.54) is 16.7 Å². The molecular formula is C16H13BO2. The molecule has 0 spiro atoms. The molecule has 3 aliphatic rings. The number of allylic oxidation sites excluding steroid dienone is 6. The Bertz CT molecular complexity index is 680. The quantitative estimate of drug-likeness (QED) is 0.741. The standard InChI is InChI=1S/C16H13BO2/c18-17(19)14-9-7-12-5-4-10-2-1-3-11-6-8-13(14)16(12)15(10)11/h1-9,11,15,18-19H. The fourth-order valence-corrected chi connectivity index (χ4v) is 3.39. The van der Waals surface area contributed by atoms with Crippen molar-refractivity contribution < 1.29 is 10.0 Å². The highest BCUT2D eigenvalue weighted by molar-refractivity contribution is 6.59. The third-order valence-electron chi connectivity index (χ3n) is 4.25. The first-order chi connectivity index (χ1) is 9.25. The predicted molar refractivity (Wildman–Crippen MR) is 77.8 cm³/mol. The summed E-state index contributed by atoms with van der Waals surface area (Å²) in [5.41, 5.74) is 5.29. The van der Waals surface area contributed by atoms with Gasteiger partial charge in [-0.2, -0.15) is 0 Å². The van der Waals surface area contributed by atoms with E-state index in [9.17, 15) is 10.0 Å². The molecule has 0 bridgehead atoms. The van der Waals surface area contributed by atoms with E-state index in [1.807, 2.05) is 12.1 Å². The van der Waals surface area contributed by atoms with Gasteiger partial charge in [0.1, 0.15) is 0 Å². The zero-order valence-corrected chi connectivity index (χ0v) is 10.3. The van der Waals surface area contributed by atoms with Crippen molar-refractivity contribution in [2.45, 2.75) is 5.92 Å². The molecule has 0 saturated carbocycles. The lowest BCUT2D eigenvalue weighted by Gasteiger charge is -2.35. The molecule has 0 aromatic heterocycles. The van der Waals surface area contributed by atoms with Gasteiger partial charge in [0.15, 0.2) is 0 Å². The van der Waals surface area contributed by atoms with Crippen LogP contribution in [0, 0.1) is 5.92 Å². The summed E-state index contributed by atoms with van der Waals surface area (Å²) in [4.78, 5) is 0. The van der Waals surface area contributed by atoms with Gasteiger partial charge in [-0.25, -0.2) is 0 Å². The Morgan fingerprint density at radius 3 is 2.74 bits per heavy atom.